The summed E-state index contributed by atoms with van der Waals surface area (Å²) in [6.45, 7) is 0. The first-order valence-corrected chi connectivity index (χ1v) is 4.06. The Kier molecular flexibility index (Phi) is 1.52. The molecule has 1 aromatic carbocycles. The van der Waals surface area contributed by atoms with E-state index < -0.39 is 0 Å². The van der Waals surface area contributed by atoms with Gasteiger partial charge in [-0.3, -0.25) is 0 Å². The number of nitrogens with one attached hydrogen (secondary N) is 1. The first-order valence-electron chi connectivity index (χ1n) is 3.48. The number of H-pyrrole nitrogens is 1. The molecule has 11 heavy (non-hydrogen) atoms. The number of fused-ring (bicyclic) bond motifs is 1. The largest absolute Gasteiger partial charge is 0.361 e. The van der Waals surface area contributed by atoms with Gasteiger partial charge in [0.1, 0.15) is 0 Å². The highest BCUT2D eigenvalue weighted by Crippen LogP contribution is 2.15. The van der Waals surface area contributed by atoms with E-state index in [2.05, 4.69) is 26.0 Å². The molecular formula is C9H8NP. The molecule has 0 aliphatic carbocycles. The number of hydrogen-bond donors (Lipinski definition) is 1. The Hall–Kier alpha value is -1.07. The Labute approximate surface area is 67.3 Å². The average Bonchev–Trinajstić information content (AvgIpc) is 2.47. The van der Waals surface area contributed by atoms with Crippen molar-refractivity contribution in [3.05, 3.63) is 36.0 Å². The molecule has 2 aromatic rings. The van der Waals surface area contributed by atoms with E-state index in [1.807, 2.05) is 24.1 Å². The van der Waals surface area contributed by atoms with Crippen molar-refractivity contribution in [2.45, 2.75) is 0 Å². The molecule has 0 atom stereocenters. The number of para-hydroxylation sites is 1. The van der Waals surface area contributed by atoms with Gasteiger partial charge in [0.15, 0.2) is 0 Å². The quantitative estimate of drug-likeness (QED) is 0.618. The van der Waals surface area contributed by atoms with E-state index >= 15 is 0 Å². The highest BCUT2D eigenvalue weighted by Gasteiger charge is 1.96. The fourth-order valence-electron chi connectivity index (χ4n) is 1.21. The molecule has 0 radical (unpaired) electrons. The van der Waals surface area contributed by atoms with Crippen LogP contribution in [0.2, 0.25) is 0 Å². The van der Waals surface area contributed by atoms with Gasteiger partial charge in [0, 0.05) is 22.7 Å². The Bertz CT molecular complexity index is 389. The van der Waals surface area contributed by atoms with E-state index in [9.17, 15) is 0 Å². The summed E-state index contributed by atoms with van der Waals surface area (Å²) >= 11 is 0. The van der Waals surface area contributed by atoms with Crippen LogP contribution in [0, 0.1) is 0 Å². The van der Waals surface area contributed by atoms with Crippen molar-refractivity contribution < 1.29 is 0 Å². The monoisotopic (exact) mass is 161 g/mol. The highest BCUT2D eigenvalue weighted by atomic mass is 31.0. The third kappa shape index (κ3) is 0.979. The standard InChI is InChI=1S/C9H8NP/c11-6-7-5-10-9-4-2-1-3-8(7)9/h1-6,10-11H. The molecule has 1 aromatic heterocycles. The van der Waals surface area contributed by atoms with Gasteiger partial charge in [-0.15, -0.1) is 8.86 Å². The maximum atomic E-state index is 3.36. The molecule has 2 heteroatoms. The number of hydrogen-bond acceptors (Lipinski definition) is 0. The van der Waals surface area contributed by atoms with Crippen LogP contribution in [0.5, 0.6) is 0 Å². The summed E-state index contributed by atoms with van der Waals surface area (Å²) in [6, 6.07) is 8.22. The van der Waals surface area contributed by atoms with Crippen molar-refractivity contribution in [1.29, 1.82) is 0 Å². The van der Waals surface area contributed by atoms with Gasteiger partial charge in [-0.2, -0.15) is 0 Å². The predicted octanol–water partition coefficient (Wildman–Crippen LogP) is 2.46. The topological polar surface area (TPSA) is 15.8 Å². The molecule has 0 saturated heterocycles. The molecule has 0 aliphatic heterocycles. The highest BCUT2D eigenvalue weighted by molar-refractivity contribution is 7.19. The van der Waals surface area contributed by atoms with Gasteiger partial charge >= 0.3 is 0 Å². The predicted molar refractivity (Wildman–Crippen MR) is 51.8 cm³/mol. The van der Waals surface area contributed by atoms with E-state index in [0.717, 1.165) is 0 Å². The molecule has 2 rings (SSSR count). The Morgan fingerprint density at radius 2 is 2.09 bits per heavy atom. The van der Waals surface area contributed by atoms with Crippen molar-refractivity contribution in [2.75, 3.05) is 0 Å². The van der Waals surface area contributed by atoms with Crippen LogP contribution in [-0.4, -0.2) is 10.8 Å². The molecule has 0 bridgehead atoms. The summed E-state index contributed by atoms with van der Waals surface area (Å²) < 4.78 is 0. The Balaban J connectivity index is 2.86. The molecular weight excluding hydrogens is 153 g/mol. The zero-order chi connectivity index (χ0) is 7.68. The van der Waals surface area contributed by atoms with E-state index in [1.54, 1.807) is 0 Å². The lowest BCUT2D eigenvalue weighted by Gasteiger charge is -1.87. The van der Waals surface area contributed by atoms with E-state index in [0.29, 0.717) is 0 Å². The maximum Gasteiger partial charge on any atom is 0.0460 e. The molecule has 0 aliphatic rings. The fourth-order valence-corrected chi connectivity index (χ4v) is 1.45. The fraction of sp³-hybridized carbons (Fsp3) is 0. The minimum absolute atomic E-state index is 1.18. The van der Waals surface area contributed by atoms with Gasteiger partial charge in [0.25, 0.3) is 0 Å². The van der Waals surface area contributed by atoms with Crippen molar-refractivity contribution >= 4 is 25.6 Å². The van der Waals surface area contributed by atoms with Gasteiger partial charge < -0.3 is 4.98 Å². The summed E-state index contributed by atoms with van der Waals surface area (Å²) in [5, 5.41) is 1.25. The second-order valence-electron chi connectivity index (χ2n) is 2.43. The van der Waals surface area contributed by atoms with Crippen LogP contribution in [0.25, 0.3) is 10.9 Å². The minimum Gasteiger partial charge on any atom is -0.361 e. The molecule has 1 N–H and O–H groups in total. The molecule has 0 fully saturated rings. The SMILES string of the molecule is P=Cc1c[nH]c2ccccc12. The smallest absolute Gasteiger partial charge is 0.0460 e. The maximum absolute atomic E-state index is 3.36. The van der Waals surface area contributed by atoms with Crippen LogP contribution in [0.15, 0.2) is 30.5 Å². The van der Waals surface area contributed by atoms with Gasteiger partial charge in [-0.25, -0.2) is 0 Å². The van der Waals surface area contributed by atoms with E-state index in [-0.39, 0.29) is 0 Å². The zero-order valence-corrected chi connectivity index (χ0v) is 6.96. The van der Waals surface area contributed by atoms with Gasteiger partial charge in [-0.05, 0) is 11.9 Å². The number of aromatic amines is 1. The summed E-state index contributed by atoms with van der Waals surface area (Å²) in [5.41, 5.74) is 2.37. The Morgan fingerprint density at radius 1 is 1.27 bits per heavy atom. The molecule has 0 amide bonds. The molecule has 1 nitrogen and oxygen atoms in total. The second-order valence-corrected chi connectivity index (χ2v) is 2.72. The van der Waals surface area contributed by atoms with Gasteiger partial charge in [-0.1, -0.05) is 18.2 Å². The first-order chi connectivity index (χ1) is 5.42. The third-order valence-corrected chi connectivity index (χ3v) is 2.09. The zero-order valence-electron chi connectivity index (χ0n) is 5.96. The van der Waals surface area contributed by atoms with Crippen molar-refractivity contribution in [2.24, 2.45) is 0 Å². The summed E-state index contributed by atoms with van der Waals surface area (Å²) in [5.74, 6) is 1.92. The average molecular weight is 161 g/mol. The van der Waals surface area contributed by atoms with Crippen LogP contribution in [-0.2, 0) is 0 Å². The van der Waals surface area contributed by atoms with E-state index in [1.165, 1.54) is 16.5 Å². The van der Waals surface area contributed by atoms with Crippen LogP contribution < -0.4 is 0 Å². The van der Waals surface area contributed by atoms with Crippen LogP contribution in [0.1, 0.15) is 5.56 Å². The van der Waals surface area contributed by atoms with Crippen molar-refractivity contribution in [3.8, 4) is 0 Å². The van der Waals surface area contributed by atoms with Crippen molar-refractivity contribution in [3.63, 3.8) is 0 Å². The van der Waals surface area contributed by atoms with Crippen LogP contribution in [0.4, 0.5) is 0 Å². The van der Waals surface area contributed by atoms with Gasteiger partial charge in [0.2, 0.25) is 0 Å². The molecule has 0 unspecified atom stereocenters. The number of aromatic nitrogens is 1. The Morgan fingerprint density at radius 3 is 2.91 bits per heavy atom. The summed E-state index contributed by atoms with van der Waals surface area (Å²) in [6.07, 6.45) is 1.98. The van der Waals surface area contributed by atoms with Crippen LogP contribution in [0.3, 0.4) is 0 Å². The molecule has 0 spiro atoms. The second kappa shape index (κ2) is 2.52. The lowest BCUT2D eigenvalue weighted by atomic mass is 10.2. The molecule has 1 heterocycles. The van der Waals surface area contributed by atoms with Crippen LogP contribution >= 0.6 is 8.86 Å². The molecule has 0 saturated carbocycles. The number of rotatable bonds is 1. The minimum atomic E-state index is 1.18. The van der Waals surface area contributed by atoms with E-state index in [4.69, 9.17) is 0 Å². The lowest BCUT2D eigenvalue weighted by molar-refractivity contribution is 1.47. The molecule has 54 valence electrons. The summed E-state index contributed by atoms with van der Waals surface area (Å²) in [7, 11) is 3.36. The lowest BCUT2D eigenvalue weighted by Crippen LogP contribution is -1.70. The third-order valence-electron chi connectivity index (χ3n) is 1.78. The summed E-state index contributed by atoms with van der Waals surface area (Å²) in [4.78, 5) is 3.18. The normalized spacial score (nSPS) is 10.2. The van der Waals surface area contributed by atoms with Gasteiger partial charge in [0.05, 0.1) is 0 Å². The first kappa shape index (κ1) is 6.63. The number of benzene rings is 1. The van der Waals surface area contributed by atoms with Crippen molar-refractivity contribution in [1.82, 2.24) is 4.98 Å².